The standard InChI is InChI=1S/C9H20N2O3S/c10-15(13,14)6-5-11-7-8-1-3-9(12)4-2-8/h8-9,11-12H,1-7H2,(H2,10,13,14). The molecule has 0 atom stereocenters. The Bertz CT molecular complexity index is 271. The fourth-order valence-electron chi connectivity index (χ4n) is 1.87. The number of hydrogen-bond acceptors (Lipinski definition) is 4. The van der Waals surface area contributed by atoms with Crippen LogP contribution in [0.15, 0.2) is 0 Å². The zero-order valence-electron chi connectivity index (χ0n) is 8.85. The Morgan fingerprint density at radius 3 is 2.40 bits per heavy atom. The lowest BCUT2D eigenvalue weighted by Gasteiger charge is -2.25. The minimum atomic E-state index is -3.34. The van der Waals surface area contributed by atoms with Crippen LogP contribution in [0.25, 0.3) is 0 Å². The van der Waals surface area contributed by atoms with Crippen LogP contribution in [0.5, 0.6) is 0 Å². The van der Waals surface area contributed by atoms with Crippen molar-refractivity contribution >= 4 is 10.0 Å². The fourth-order valence-corrected chi connectivity index (χ4v) is 2.30. The number of nitrogens with two attached hydrogens (primary N) is 1. The van der Waals surface area contributed by atoms with Crippen LogP contribution >= 0.6 is 0 Å². The van der Waals surface area contributed by atoms with Gasteiger partial charge < -0.3 is 10.4 Å². The van der Waals surface area contributed by atoms with Gasteiger partial charge in [0.05, 0.1) is 11.9 Å². The first-order valence-electron chi connectivity index (χ1n) is 5.36. The lowest BCUT2D eigenvalue weighted by molar-refractivity contribution is 0.108. The molecule has 15 heavy (non-hydrogen) atoms. The molecule has 0 amide bonds. The Balaban J connectivity index is 2.06. The average molecular weight is 236 g/mol. The van der Waals surface area contributed by atoms with Gasteiger partial charge in [0.25, 0.3) is 0 Å². The Morgan fingerprint density at radius 1 is 1.27 bits per heavy atom. The molecule has 0 aliphatic heterocycles. The first-order valence-corrected chi connectivity index (χ1v) is 7.08. The van der Waals surface area contributed by atoms with E-state index < -0.39 is 10.0 Å². The topological polar surface area (TPSA) is 92.4 Å². The SMILES string of the molecule is NS(=O)(=O)CCNCC1CCC(O)CC1. The number of primary sulfonamides is 1. The molecule has 0 aromatic carbocycles. The van der Waals surface area contributed by atoms with Crippen LogP contribution in [0.1, 0.15) is 25.7 Å². The van der Waals surface area contributed by atoms with Gasteiger partial charge in [-0.1, -0.05) is 0 Å². The Hall–Kier alpha value is -0.170. The molecule has 4 N–H and O–H groups in total. The van der Waals surface area contributed by atoms with Crippen molar-refractivity contribution in [3.63, 3.8) is 0 Å². The van der Waals surface area contributed by atoms with Crippen LogP contribution in [-0.2, 0) is 10.0 Å². The summed E-state index contributed by atoms with van der Waals surface area (Å²) in [5.74, 6) is 0.552. The van der Waals surface area contributed by atoms with E-state index in [0.717, 1.165) is 32.2 Å². The lowest BCUT2D eigenvalue weighted by Crippen LogP contribution is -2.32. The third kappa shape index (κ3) is 6.09. The Kier molecular flexibility index (Phi) is 4.98. The monoisotopic (exact) mass is 236 g/mol. The summed E-state index contributed by atoms with van der Waals surface area (Å²) in [6, 6.07) is 0. The molecule has 0 bridgehead atoms. The molecular weight excluding hydrogens is 216 g/mol. The van der Waals surface area contributed by atoms with E-state index in [1.165, 1.54) is 0 Å². The molecule has 0 aromatic rings. The van der Waals surface area contributed by atoms with Gasteiger partial charge in [0, 0.05) is 6.54 Å². The largest absolute Gasteiger partial charge is 0.393 e. The normalized spacial score (nSPS) is 27.9. The molecule has 1 rings (SSSR count). The van der Waals surface area contributed by atoms with Gasteiger partial charge in [0.1, 0.15) is 0 Å². The molecule has 0 radical (unpaired) electrons. The van der Waals surface area contributed by atoms with Gasteiger partial charge in [-0.3, -0.25) is 0 Å². The van der Waals surface area contributed by atoms with Crippen LogP contribution < -0.4 is 10.5 Å². The second-order valence-electron chi connectivity index (χ2n) is 4.25. The Labute approximate surface area is 91.1 Å². The molecule has 1 saturated carbocycles. The zero-order valence-corrected chi connectivity index (χ0v) is 9.67. The number of aliphatic hydroxyl groups is 1. The molecule has 5 nitrogen and oxygen atoms in total. The summed E-state index contributed by atoms with van der Waals surface area (Å²) in [5, 5.41) is 17.2. The number of nitrogens with one attached hydrogen (secondary N) is 1. The smallest absolute Gasteiger partial charge is 0.210 e. The van der Waals surface area contributed by atoms with E-state index in [0.29, 0.717) is 12.5 Å². The molecule has 0 aromatic heterocycles. The zero-order chi connectivity index (χ0) is 11.3. The van der Waals surface area contributed by atoms with E-state index in [-0.39, 0.29) is 11.9 Å². The summed E-state index contributed by atoms with van der Waals surface area (Å²) in [4.78, 5) is 0. The molecule has 1 aliphatic rings. The van der Waals surface area contributed by atoms with E-state index in [2.05, 4.69) is 5.32 Å². The molecule has 0 saturated heterocycles. The van der Waals surface area contributed by atoms with Crippen LogP contribution in [0.3, 0.4) is 0 Å². The summed E-state index contributed by atoms with van der Waals surface area (Å²) in [5.41, 5.74) is 0. The average Bonchev–Trinajstić information content (AvgIpc) is 2.14. The van der Waals surface area contributed by atoms with Crippen LogP contribution in [0.4, 0.5) is 0 Å². The highest BCUT2D eigenvalue weighted by molar-refractivity contribution is 7.89. The first kappa shape index (κ1) is 12.9. The highest BCUT2D eigenvalue weighted by Gasteiger charge is 2.18. The van der Waals surface area contributed by atoms with Crippen molar-refractivity contribution in [1.29, 1.82) is 0 Å². The van der Waals surface area contributed by atoms with Gasteiger partial charge in [0.2, 0.25) is 10.0 Å². The van der Waals surface area contributed by atoms with Gasteiger partial charge >= 0.3 is 0 Å². The molecule has 1 fully saturated rings. The fraction of sp³-hybridized carbons (Fsp3) is 1.00. The maximum Gasteiger partial charge on any atom is 0.210 e. The van der Waals surface area contributed by atoms with E-state index in [9.17, 15) is 13.5 Å². The van der Waals surface area contributed by atoms with Gasteiger partial charge in [-0.25, -0.2) is 13.6 Å². The van der Waals surface area contributed by atoms with E-state index >= 15 is 0 Å². The van der Waals surface area contributed by atoms with Crippen molar-refractivity contribution in [3.8, 4) is 0 Å². The van der Waals surface area contributed by atoms with Crippen molar-refractivity contribution in [2.45, 2.75) is 31.8 Å². The number of rotatable bonds is 5. The van der Waals surface area contributed by atoms with Crippen LogP contribution in [0, 0.1) is 5.92 Å². The molecule has 0 unspecified atom stereocenters. The van der Waals surface area contributed by atoms with Crippen LogP contribution in [0.2, 0.25) is 0 Å². The van der Waals surface area contributed by atoms with E-state index in [1.54, 1.807) is 0 Å². The maximum absolute atomic E-state index is 10.6. The summed E-state index contributed by atoms with van der Waals surface area (Å²) < 4.78 is 21.3. The van der Waals surface area contributed by atoms with Crippen LogP contribution in [-0.4, -0.2) is 38.5 Å². The Morgan fingerprint density at radius 2 is 1.87 bits per heavy atom. The second-order valence-corrected chi connectivity index (χ2v) is 5.98. The predicted molar refractivity (Wildman–Crippen MR) is 58.8 cm³/mol. The molecule has 0 heterocycles. The summed E-state index contributed by atoms with van der Waals surface area (Å²) in [6.45, 7) is 1.24. The van der Waals surface area contributed by atoms with Crippen molar-refractivity contribution in [1.82, 2.24) is 5.32 Å². The van der Waals surface area contributed by atoms with Gasteiger partial charge in [0.15, 0.2) is 0 Å². The second kappa shape index (κ2) is 5.79. The molecule has 6 heteroatoms. The minimum absolute atomic E-state index is 0.0116. The molecule has 90 valence electrons. The lowest BCUT2D eigenvalue weighted by atomic mass is 9.87. The number of sulfonamides is 1. The van der Waals surface area contributed by atoms with Crippen molar-refractivity contribution in [2.24, 2.45) is 11.1 Å². The minimum Gasteiger partial charge on any atom is -0.393 e. The predicted octanol–water partition coefficient (Wildman–Crippen LogP) is -0.584. The molecular formula is C9H20N2O3S. The first-order chi connectivity index (χ1) is 6.97. The summed E-state index contributed by atoms with van der Waals surface area (Å²) in [6.07, 6.45) is 3.63. The highest BCUT2D eigenvalue weighted by Crippen LogP contribution is 2.23. The summed E-state index contributed by atoms with van der Waals surface area (Å²) >= 11 is 0. The van der Waals surface area contributed by atoms with Crippen molar-refractivity contribution in [2.75, 3.05) is 18.8 Å². The third-order valence-corrected chi connectivity index (χ3v) is 3.59. The van der Waals surface area contributed by atoms with Gasteiger partial charge in [-0.05, 0) is 38.1 Å². The number of hydrogen-bond donors (Lipinski definition) is 3. The number of aliphatic hydroxyl groups excluding tert-OH is 1. The molecule has 1 aliphatic carbocycles. The summed E-state index contributed by atoms with van der Waals surface area (Å²) in [7, 11) is -3.34. The maximum atomic E-state index is 10.6. The van der Waals surface area contributed by atoms with Gasteiger partial charge in [-0.2, -0.15) is 0 Å². The van der Waals surface area contributed by atoms with Crippen molar-refractivity contribution < 1.29 is 13.5 Å². The van der Waals surface area contributed by atoms with Crippen molar-refractivity contribution in [3.05, 3.63) is 0 Å². The quantitative estimate of drug-likeness (QED) is 0.557. The van der Waals surface area contributed by atoms with E-state index in [1.807, 2.05) is 0 Å². The van der Waals surface area contributed by atoms with Gasteiger partial charge in [-0.15, -0.1) is 0 Å². The van der Waals surface area contributed by atoms with E-state index in [4.69, 9.17) is 5.14 Å². The highest BCUT2D eigenvalue weighted by atomic mass is 32.2. The molecule has 0 spiro atoms. The third-order valence-electron chi connectivity index (χ3n) is 2.81.